The number of ether oxygens (including phenoxy) is 1. The van der Waals surface area contributed by atoms with Crippen LogP contribution >= 0.6 is 11.5 Å². The number of alkyl halides is 3. The van der Waals surface area contributed by atoms with Crippen LogP contribution in [0.15, 0.2) is 0 Å². The summed E-state index contributed by atoms with van der Waals surface area (Å²) in [6.07, 6.45) is -4.57. The van der Waals surface area contributed by atoms with E-state index in [2.05, 4.69) is 14.1 Å². The van der Waals surface area contributed by atoms with E-state index in [4.69, 9.17) is 0 Å². The molecule has 0 spiro atoms. The number of hydrogen-bond acceptors (Lipinski definition) is 6. The first-order valence-electron chi connectivity index (χ1n) is 4.62. The molecule has 0 aliphatic rings. The second-order valence-electron chi connectivity index (χ2n) is 3.06. The van der Waals surface area contributed by atoms with Gasteiger partial charge in [-0.2, -0.15) is 22.5 Å². The standard InChI is InChI=1S/C8H10F3N3O2S/c1-3-16-5(15)4-14(2)7-12-6(13-17-7)8(9,10)11/h3-4H2,1-2H3. The van der Waals surface area contributed by atoms with Crippen molar-refractivity contribution in [2.24, 2.45) is 0 Å². The van der Waals surface area contributed by atoms with Crippen molar-refractivity contribution in [3.63, 3.8) is 0 Å². The summed E-state index contributed by atoms with van der Waals surface area (Å²) in [4.78, 5) is 15.7. The number of carbonyl (C=O) groups is 1. The van der Waals surface area contributed by atoms with Gasteiger partial charge in [-0.05, 0) is 6.92 Å². The van der Waals surface area contributed by atoms with Crippen molar-refractivity contribution in [2.45, 2.75) is 13.1 Å². The number of aromatic nitrogens is 2. The molecule has 0 N–H and O–H groups in total. The van der Waals surface area contributed by atoms with E-state index in [0.717, 1.165) is 0 Å². The largest absolute Gasteiger partial charge is 0.465 e. The van der Waals surface area contributed by atoms with Crippen molar-refractivity contribution in [2.75, 3.05) is 25.1 Å². The van der Waals surface area contributed by atoms with E-state index in [1.807, 2.05) is 0 Å². The number of halogens is 3. The summed E-state index contributed by atoms with van der Waals surface area (Å²) in [6.45, 7) is 1.70. The van der Waals surface area contributed by atoms with E-state index in [9.17, 15) is 18.0 Å². The molecule has 0 bridgehead atoms. The Balaban J connectivity index is 2.67. The van der Waals surface area contributed by atoms with Crippen molar-refractivity contribution in [1.29, 1.82) is 0 Å². The van der Waals surface area contributed by atoms with Crippen LogP contribution in [0.25, 0.3) is 0 Å². The van der Waals surface area contributed by atoms with Crippen LogP contribution in [0.5, 0.6) is 0 Å². The number of nitrogens with zero attached hydrogens (tertiary/aromatic N) is 3. The first-order chi connectivity index (χ1) is 7.84. The number of esters is 1. The van der Waals surface area contributed by atoms with E-state index in [-0.39, 0.29) is 18.3 Å². The summed E-state index contributed by atoms with van der Waals surface area (Å²) in [5.41, 5.74) is 0. The minimum atomic E-state index is -4.57. The van der Waals surface area contributed by atoms with Gasteiger partial charge in [-0.25, -0.2) is 0 Å². The summed E-state index contributed by atoms with van der Waals surface area (Å²) >= 11 is 0.582. The van der Waals surface area contributed by atoms with Crippen LogP contribution in [0.1, 0.15) is 12.7 Å². The summed E-state index contributed by atoms with van der Waals surface area (Å²) in [5.74, 6) is -1.73. The molecule has 0 aromatic carbocycles. The van der Waals surface area contributed by atoms with Crippen molar-refractivity contribution < 1.29 is 22.7 Å². The fourth-order valence-electron chi connectivity index (χ4n) is 0.954. The van der Waals surface area contributed by atoms with Gasteiger partial charge in [-0.1, -0.05) is 0 Å². The van der Waals surface area contributed by atoms with Crippen LogP contribution in [-0.4, -0.2) is 35.5 Å². The zero-order valence-electron chi connectivity index (χ0n) is 9.11. The van der Waals surface area contributed by atoms with E-state index < -0.39 is 18.0 Å². The quantitative estimate of drug-likeness (QED) is 0.776. The average Bonchev–Trinajstić information content (AvgIpc) is 2.65. The van der Waals surface area contributed by atoms with Gasteiger partial charge in [-0.15, -0.1) is 0 Å². The molecular weight excluding hydrogens is 259 g/mol. The maximum atomic E-state index is 12.2. The average molecular weight is 269 g/mol. The van der Waals surface area contributed by atoms with Gasteiger partial charge in [0.25, 0.3) is 0 Å². The van der Waals surface area contributed by atoms with E-state index in [1.54, 1.807) is 6.92 Å². The Kier molecular flexibility index (Phi) is 4.27. The number of rotatable bonds is 4. The molecule has 1 rings (SSSR count). The van der Waals surface area contributed by atoms with Crippen LogP contribution in [-0.2, 0) is 15.7 Å². The minimum absolute atomic E-state index is 0.0189. The molecule has 0 aliphatic carbocycles. The smallest absolute Gasteiger partial charge is 0.452 e. The number of carbonyl (C=O) groups excluding carboxylic acids is 1. The molecule has 0 radical (unpaired) electrons. The predicted molar refractivity (Wildman–Crippen MR) is 54.8 cm³/mol. The number of likely N-dealkylation sites (N-methyl/N-ethyl adjacent to an activating group) is 1. The normalized spacial score (nSPS) is 11.4. The van der Waals surface area contributed by atoms with Gasteiger partial charge in [0.2, 0.25) is 11.0 Å². The fraction of sp³-hybridized carbons (Fsp3) is 0.625. The van der Waals surface area contributed by atoms with E-state index >= 15 is 0 Å². The summed E-state index contributed by atoms with van der Waals surface area (Å²) in [6, 6.07) is 0. The highest BCUT2D eigenvalue weighted by Crippen LogP contribution is 2.29. The monoisotopic (exact) mass is 269 g/mol. The zero-order valence-corrected chi connectivity index (χ0v) is 9.93. The molecule has 17 heavy (non-hydrogen) atoms. The molecule has 9 heteroatoms. The van der Waals surface area contributed by atoms with Gasteiger partial charge < -0.3 is 9.64 Å². The SMILES string of the molecule is CCOC(=O)CN(C)c1nc(C(F)(F)F)ns1. The van der Waals surface area contributed by atoms with Crippen molar-refractivity contribution in [3.05, 3.63) is 5.82 Å². The van der Waals surface area contributed by atoms with Gasteiger partial charge in [0.15, 0.2) is 0 Å². The first kappa shape index (κ1) is 13.7. The van der Waals surface area contributed by atoms with Crippen molar-refractivity contribution in [1.82, 2.24) is 9.36 Å². The Hall–Kier alpha value is -1.38. The van der Waals surface area contributed by atoms with E-state index in [0.29, 0.717) is 11.5 Å². The van der Waals surface area contributed by atoms with Crippen LogP contribution in [0.3, 0.4) is 0 Å². The lowest BCUT2D eigenvalue weighted by molar-refractivity contribution is -0.144. The van der Waals surface area contributed by atoms with Crippen LogP contribution < -0.4 is 4.90 Å². The van der Waals surface area contributed by atoms with Crippen molar-refractivity contribution >= 4 is 22.6 Å². The molecule has 0 amide bonds. The summed E-state index contributed by atoms with van der Waals surface area (Å²) in [5, 5.41) is 0.0189. The lowest BCUT2D eigenvalue weighted by atomic mass is 10.6. The lowest BCUT2D eigenvalue weighted by Gasteiger charge is -2.13. The molecule has 96 valence electrons. The molecule has 5 nitrogen and oxygen atoms in total. The third-order valence-electron chi connectivity index (χ3n) is 1.67. The Morgan fingerprint density at radius 2 is 2.18 bits per heavy atom. The lowest BCUT2D eigenvalue weighted by Crippen LogP contribution is -2.27. The fourth-order valence-corrected chi connectivity index (χ4v) is 1.60. The third-order valence-corrected chi connectivity index (χ3v) is 2.50. The number of hydrogen-bond donors (Lipinski definition) is 0. The van der Waals surface area contributed by atoms with Crippen LogP contribution in [0.4, 0.5) is 18.3 Å². The highest BCUT2D eigenvalue weighted by molar-refractivity contribution is 7.09. The van der Waals surface area contributed by atoms with Gasteiger partial charge >= 0.3 is 12.1 Å². The maximum Gasteiger partial charge on any atom is 0.452 e. The van der Waals surface area contributed by atoms with Gasteiger partial charge in [0, 0.05) is 18.6 Å². The number of anilines is 1. The summed E-state index contributed by atoms with van der Waals surface area (Å²) < 4.78 is 44.5. The van der Waals surface area contributed by atoms with E-state index in [1.165, 1.54) is 11.9 Å². The molecular formula is C8H10F3N3O2S. The minimum Gasteiger partial charge on any atom is -0.465 e. The van der Waals surface area contributed by atoms with Crippen LogP contribution in [0, 0.1) is 0 Å². The Bertz CT molecular complexity index is 394. The molecule has 0 fully saturated rings. The maximum absolute atomic E-state index is 12.2. The predicted octanol–water partition coefficient (Wildman–Crippen LogP) is 1.56. The second-order valence-corrected chi connectivity index (χ2v) is 3.79. The van der Waals surface area contributed by atoms with Crippen LogP contribution in [0.2, 0.25) is 0 Å². The third kappa shape index (κ3) is 3.84. The second kappa shape index (κ2) is 5.30. The molecule has 1 aromatic rings. The Morgan fingerprint density at radius 3 is 2.65 bits per heavy atom. The van der Waals surface area contributed by atoms with Crippen molar-refractivity contribution in [3.8, 4) is 0 Å². The highest BCUT2D eigenvalue weighted by Gasteiger charge is 2.36. The molecule has 0 aliphatic heterocycles. The molecule has 1 heterocycles. The molecule has 0 saturated carbocycles. The van der Waals surface area contributed by atoms with Gasteiger partial charge in [0.05, 0.1) is 6.61 Å². The van der Waals surface area contributed by atoms with Gasteiger partial charge in [-0.3, -0.25) is 4.79 Å². The molecule has 1 aromatic heterocycles. The zero-order chi connectivity index (χ0) is 13.1. The summed E-state index contributed by atoms with van der Waals surface area (Å²) in [7, 11) is 1.44. The Morgan fingerprint density at radius 1 is 1.53 bits per heavy atom. The van der Waals surface area contributed by atoms with Gasteiger partial charge in [0.1, 0.15) is 6.54 Å². The molecule has 0 atom stereocenters. The molecule has 0 unspecified atom stereocenters. The highest BCUT2D eigenvalue weighted by atomic mass is 32.1. The first-order valence-corrected chi connectivity index (χ1v) is 5.39. The molecule has 0 saturated heterocycles. The Labute approximate surface area is 99.4 Å². The topological polar surface area (TPSA) is 55.3 Å².